The molecule has 1 aliphatic rings. The molecular weight excluding hydrogens is 254 g/mol. The second-order valence-electron chi connectivity index (χ2n) is 4.07. The highest BCUT2D eigenvalue weighted by Gasteiger charge is 2.13. The van der Waals surface area contributed by atoms with Crippen LogP contribution in [0.3, 0.4) is 0 Å². The first-order chi connectivity index (χ1) is 8.74. The molecular formula is C12H16ClN3O2. The number of amides is 2. The Labute approximate surface area is 111 Å². The number of urea groups is 1. The minimum absolute atomic E-state index is 0.176. The lowest BCUT2D eigenvalue weighted by Gasteiger charge is -2.23. The molecule has 18 heavy (non-hydrogen) atoms. The van der Waals surface area contributed by atoms with Crippen LogP contribution < -0.4 is 16.0 Å². The third kappa shape index (κ3) is 4.18. The molecule has 2 amide bonds. The number of carbonyl (C=O) groups is 1. The van der Waals surface area contributed by atoms with Crippen molar-refractivity contribution in [3.05, 3.63) is 29.3 Å². The Morgan fingerprint density at radius 1 is 1.44 bits per heavy atom. The Balaban J connectivity index is 1.73. The zero-order valence-corrected chi connectivity index (χ0v) is 10.7. The van der Waals surface area contributed by atoms with Crippen molar-refractivity contribution in [1.29, 1.82) is 0 Å². The largest absolute Gasteiger partial charge is 0.378 e. The van der Waals surface area contributed by atoms with Crippen LogP contribution in [0.1, 0.15) is 0 Å². The Kier molecular flexibility index (Phi) is 4.81. The minimum atomic E-state index is -0.232. The van der Waals surface area contributed by atoms with Crippen molar-refractivity contribution >= 4 is 23.3 Å². The fourth-order valence-electron chi connectivity index (χ4n) is 1.68. The summed E-state index contributed by atoms with van der Waals surface area (Å²) in [5, 5.41) is 9.43. The molecule has 1 atom stereocenters. The fraction of sp³-hybridized carbons (Fsp3) is 0.417. The first-order valence-corrected chi connectivity index (χ1v) is 6.23. The molecule has 1 fully saturated rings. The molecule has 6 heteroatoms. The molecule has 0 saturated carbocycles. The summed E-state index contributed by atoms with van der Waals surface area (Å²) in [7, 11) is 0. The second-order valence-corrected chi connectivity index (χ2v) is 4.50. The van der Waals surface area contributed by atoms with E-state index in [2.05, 4.69) is 16.0 Å². The summed E-state index contributed by atoms with van der Waals surface area (Å²) in [6.07, 6.45) is 0. The molecule has 1 aliphatic heterocycles. The van der Waals surface area contributed by atoms with Crippen LogP contribution in [0.2, 0.25) is 5.02 Å². The summed E-state index contributed by atoms with van der Waals surface area (Å²) < 4.78 is 5.30. The van der Waals surface area contributed by atoms with Gasteiger partial charge in [-0.25, -0.2) is 4.79 Å². The maximum atomic E-state index is 11.6. The van der Waals surface area contributed by atoms with Crippen LogP contribution >= 0.6 is 11.6 Å². The predicted molar refractivity (Wildman–Crippen MR) is 71.1 cm³/mol. The van der Waals surface area contributed by atoms with Gasteiger partial charge in [-0.15, -0.1) is 0 Å². The average molecular weight is 270 g/mol. The summed E-state index contributed by atoms with van der Waals surface area (Å²) in [5.74, 6) is 0. The van der Waals surface area contributed by atoms with Crippen molar-refractivity contribution in [3.8, 4) is 0 Å². The Morgan fingerprint density at radius 2 is 2.22 bits per heavy atom. The third-order valence-electron chi connectivity index (χ3n) is 2.61. The van der Waals surface area contributed by atoms with E-state index < -0.39 is 0 Å². The lowest BCUT2D eigenvalue weighted by Crippen LogP contribution is -2.49. The van der Waals surface area contributed by atoms with Crippen LogP contribution in [0, 0.1) is 0 Å². The van der Waals surface area contributed by atoms with Crippen LogP contribution in [-0.4, -0.2) is 38.4 Å². The minimum Gasteiger partial charge on any atom is -0.378 e. The number of morpholine rings is 1. The molecule has 0 aliphatic carbocycles. The standard InChI is InChI=1S/C12H16ClN3O2/c13-9-1-3-10(4-2-9)16-12(17)15-7-11-8-18-6-5-14-11/h1-4,11,14H,5-8H2,(H2,15,16,17). The van der Waals surface area contributed by atoms with Crippen LogP contribution in [-0.2, 0) is 4.74 Å². The number of carbonyl (C=O) groups excluding carboxylic acids is 1. The number of halogens is 1. The third-order valence-corrected chi connectivity index (χ3v) is 2.86. The SMILES string of the molecule is O=C(NCC1COCCN1)Nc1ccc(Cl)cc1. The smallest absolute Gasteiger partial charge is 0.319 e. The number of ether oxygens (including phenoxy) is 1. The van der Waals surface area contributed by atoms with Crippen molar-refractivity contribution in [2.45, 2.75) is 6.04 Å². The first kappa shape index (κ1) is 13.1. The number of nitrogens with one attached hydrogen (secondary N) is 3. The summed E-state index contributed by atoms with van der Waals surface area (Å²) in [5.41, 5.74) is 0.713. The van der Waals surface area contributed by atoms with Crippen LogP contribution in [0.4, 0.5) is 10.5 Å². The molecule has 1 unspecified atom stereocenters. The van der Waals surface area contributed by atoms with Crippen molar-refractivity contribution in [1.82, 2.24) is 10.6 Å². The van der Waals surface area contributed by atoms with Gasteiger partial charge in [0.2, 0.25) is 0 Å². The molecule has 0 aromatic heterocycles. The van der Waals surface area contributed by atoms with Gasteiger partial charge >= 0.3 is 6.03 Å². The number of benzene rings is 1. The molecule has 1 saturated heterocycles. The molecule has 3 N–H and O–H groups in total. The topological polar surface area (TPSA) is 62.4 Å². The summed E-state index contributed by atoms with van der Waals surface area (Å²) in [6.45, 7) is 2.72. The Morgan fingerprint density at radius 3 is 2.89 bits per heavy atom. The van der Waals surface area contributed by atoms with Crippen molar-refractivity contribution in [2.75, 3.05) is 31.6 Å². The van der Waals surface area contributed by atoms with E-state index in [0.29, 0.717) is 23.9 Å². The van der Waals surface area contributed by atoms with Gasteiger partial charge in [0.1, 0.15) is 0 Å². The quantitative estimate of drug-likeness (QED) is 0.778. The molecule has 0 radical (unpaired) electrons. The van der Waals surface area contributed by atoms with E-state index in [9.17, 15) is 4.79 Å². The van der Waals surface area contributed by atoms with Gasteiger partial charge in [-0.05, 0) is 24.3 Å². The van der Waals surface area contributed by atoms with Gasteiger partial charge in [-0.2, -0.15) is 0 Å². The van der Waals surface area contributed by atoms with Gasteiger partial charge in [0, 0.05) is 29.8 Å². The van der Waals surface area contributed by atoms with Gasteiger partial charge in [-0.3, -0.25) is 0 Å². The van der Waals surface area contributed by atoms with Gasteiger partial charge in [0.25, 0.3) is 0 Å². The lowest BCUT2D eigenvalue weighted by atomic mass is 10.3. The highest BCUT2D eigenvalue weighted by atomic mass is 35.5. The number of hydrogen-bond donors (Lipinski definition) is 3. The second kappa shape index (κ2) is 6.58. The summed E-state index contributed by atoms with van der Waals surface area (Å²) in [4.78, 5) is 11.6. The fourth-order valence-corrected chi connectivity index (χ4v) is 1.80. The van der Waals surface area contributed by atoms with Gasteiger partial charge in [0.15, 0.2) is 0 Å². The average Bonchev–Trinajstić information content (AvgIpc) is 2.40. The summed E-state index contributed by atoms with van der Waals surface area (Å²) >= 11 is 5.76. The van der Waals surface area contributed by atoms with E-state index in [0.717, 1.165) is 13.2 Å². The molecule has 1 aromatic rings. The van der Waals surface area contributed by atoms with Gasteiger partial charge in [0.05, 0.1) is 13.2 Å². The number of hydrogen-bond acceptors (Lipinski definition) is 3. The maximum Gasteiger partial charge on any atom is 0.319 e. The molecule has 1 aromatic carbocycles. The van der Waals surface area contributed by atoms with Crippen LogP contribution in [0.25, 0.3) is 0 Å². The van der Waals surface area contributed by atoms with Crippen LogP contribution in [0.15, 0.2) is 24.3 Å². The van der Waals surface area contributed by atoms with Crippen LogP contribution in [0.5, 0.6) is 0 Å². The predicted octanol–water partition coefficient (Wildman–Crippen LogP) is 1.45. The van der Waals surface area contributed by atoms with Gasteiger partial charge < -0.3 is 20.7 Å². The molecule has 2 rings (SSSR count). The van der Waals surface area contributed by atoms with Crippen molar-refractivity contribution in [3.63, 3.8) is 0 Å². The molecule has 98 valence electrons. The highest BCUT2D eigenvalue weighted by Crippen LogP contribution is 2.12. The molecule has 0 bridgehead atoms. The first-order valence-electron chi connectivity index (χ1n) is 5.85. The monoisotopic (exact) mass is 269 g/mol. The van der Waals surface area contributed by atoms with Crippen molar-refractivity contribution < 1.29 is 9.53 Å². The molecule has 5 nitrogen and oxygen atoms in total. The van der Waals surface area contributed by atoms with E-state index in [1.807, 2.05) is 0 Å². The van der Waals surface area contributed by atoms with E-state index in [1.54, 1.807) is 24.3 Å². The maximum absolute atomic E-state index is 11.6. The number of anilines is 1. The Bertz CT molecular complexity index is 391. The van der Waals surface area contributed by atoms with E-state index in [1.165, 1.54) is 0 Å². The van der Waals surface area contributed by atoms with E-state index in [4.69, 9.17) is 16.3 Å². The zero-order chi connectivity index (χ0) is 12.8. The summed E-state index contributed by atoms with van der Waals surface area (Å²) in [6, 6.07) is 6.91. The highest BCUT2D eigenvalue weighted by molar-refractivity contribution is 6.30. The molecule has 0 spiro atoms. The van der Waals surface area contributed by atoms with Gasteiger partial charge in [-0.1, -0.05) is 11.6 Å². The van der Waals surface area contributed by atoms with E-state index in [-0.39, 0.29) is 12.1 Å². The molecule has 1 heterocycles. The normalized spacial score (nSPS) is 19.3. The van der Waals surface area contributed by atoms with Crippen molar-refractivity contribution in [2.24, 2.45) is 0 Å². The zero-order valence-electron chi connectivity index (χ0n) is 9.91. The lowest BCUT2D eigenvalue weighted by molar-refractivity contribution is 0.0776. The number of rotatable bonds is 3. The van der Waals surface area contributed by atoms with E-state index >= 15 is 0 Å². The Hall–Kier alpha value is -1.30.